The molecule has 3 heterocycles. The van der Waals surface area contributed by atoms with Gasteiger partial charge in [0.25, 0.3) is 0 Å². The first-order valence-corrected chi connectivity index (χ1v) is 8.24. The van der Waals surface area contributed by atoms with Crippen molar-refractivity contribution < 1.29 is 9.47 Å². The van der Waals surface area contributed by atoms with Crippen molar-refractivity contribution in [2.24, 2.45) is 0 Å². The third-order valence-electron chi connectivity index (χ3n) is 4.59. The van der Waals surface area contributed by atoms with E-state index in [9.17, 15) is 0 Å². The minimum absolute atomic E-state index is 0.188. The van der Waals surface area contributed by atoms with E-state index in [2.05, 4.69) is 40.8 Å². The van der Waals surface area contributed by atoms with Gasteiger partial charge in [-0.3, -0.25) is 14.8 Å². The smallest absolute Gasteiger partial charge is 0.117 e. The topological polar surface area (TPSA) is 37.8 Å². The van der Waals surface area contributed by atoms with Crippen LogP contribution in [0.25, 0.3) is 0 Å². The van der Waals surface area contributed by atoms with E-state index >= 15 is 0 Å². The molecule has 0 radical (unpaired) electrons. The molecule has 1 aromatic heterocycles. The van der Waals surface area contributed by atoms with Crippen LogP contribution in [0.4, 0.5) is 0 Å². The van der Waals surface area contributed by atoms with Crippen molar-refractivity contribution >= 4 is 0 Å². The fraction of sp³-hybridized carbons (Fsp3) is 0.706. The maximum atomic E-state index is 6.21. The molecule has 122 valence electrons. The van der Waals surface area contributed by atoms with Gasteiger partial charge in [0.1, 0.15) is 5.60 Å². The molecular weight excluding hydrogens is 278 g/mol. The number of morpholine rings is 1. The molecule has 0 unspecified atom stereocenters. The summed E-state index contributed by atoms with van der Waals surface area (Å²) in [6.07, 6.45) is 3.72. The minimum atomic E-state index is -0.188. The second-order valence-corrected chi connectivity index (χ2v) is 6.71. The van der Waals surface area contributed by atoms with E-state index in [-0.39, 0.29) is 5.60 Å². The Bertz CT molecular complexity index is 468. The second kappa shape index (κ2) is 7.04. The second-order valence-electron chi connectivity index (χ2n) is 6.71. The van der Waals surface area contributed by atoms with Gasteiger partial charge in [0.2, 0.25) is 0 Å². The van der Waals surface area contributed by atoms with Gasteiger partial charge in [0.15, 0.2) is 0 Å². The van der Waals surface area contributed by atoms with Crippen LogP contribution >= 0.6 is 0 Å². The summed E-state index contributed by atoms with van der Waals surface area (Å²) in [7, 11) is 0. The van der Waals surface area contributed by atoms with Crippen molar-refractivity contribution in [3.8, 4) is 0 Å². The van der Waals surface area contributed by atoms with E-state index in [1.54, 1.807) is 0 Å². The lowest BCUT2D eigenvalue weighted by Crippen LogP contribution is -2.59. The largest absolute Gasteiger partial charge is 0.377 e. The van der Waals surface area contributed by atoms with E-state index in [0.717, 1.165) is 45.9 Å². The lowest BCUT2D eigenvalue weighted by Gasteiger charge is -2.44. The van der Waals surface area contributed by atoms with E-state index in [4.69, 9.17) is 9.47 Å². The molecule has 0 bridgehead atoms. The molecule has 2 saturated heterocycles. The van der Waals surface area contributed by atoms with Crippen LogP contribution in [-0.4, -0.2) is 72.4 Å². The lowest BCUT2D eigenvalue weighted by atomic mass is 10.0. The summed E-state index contributed by atoms with van der Waals surface area (Å²) in [5.41, 5.74) is 1.12. The molecule has 0 saturated carbocycles. The van der Waals surface area contributed by atoms with Crippen LogP contribution in [0.2, 0.25) is 0 Å². The highest BCUT2D eigenvalue weighted by molar-refractivity contribution is 5.10. The Balaban J connectivity index is 1.68. The SMILES string of the molecule is CC(C)N1CCOC[C@]2(CN(Cc3ccncc3)CCO2)C1. The molecule has 1 spiro atoms. The maximum absolute atomic E-state index is 6.21. The number of aromatic nitrogens is 1. The number of pyridine rings is 1. The van der Waals surface area contributed by atoms with Gasteiger partial charge in [-0.2, -0.15) is 0 Å². The zero-order valence-electron chi connectivity index (χ0n) is 13.7. The highest BCUT2D eigenvalue weighted by Gasteiger charge is 2.40. The van der Waals surface area contributed by atoms with Gasteiger partial charge in [-0.15, -0.1) is 0 Å². The molecule has 5 heteroatoms. The van der Waals surface area contributed by atoms with Crippen LogP contribution in [0, 0.1) is 0 Å². The highest BCUT2D eigenvalue weighted by atomic mass is 16.5. The van der Waals surface area contributed by atoms with Crippen molar-refractivity contribution in [1.82, 2.24) is 14.8 Å². The zero-order valence-corrected chi connectivity index (χ0v) is 13.7. The molecule has 22 heavy (non-hydrogen) atoms. The summed E-state index contributed by atoms with van der Waals surface area (Å²) in [5.74, 6) is 0. The molecule has 2 fully saturated rings. The number of nitrogens with zero attached hydrogens (tertiary/aromatic N) is 3. The first-order valence-electron chi connectivity index (χ1n) is 8.24. The van der Waals surface area contributed by atoms with E-state index < -0.39 is 0 Å². The van der Waals surface area contributed by atoms with E-state index in [1.165, 1.54) is 5.56 Å². The fourth-order valence-electron chi connectivity index (χ4n) is 3.36. The maximum Gasteiger partial charge on any atom is 0.117 e. The van der Waals surface area contributed by atoms with Crippen molar-refractivity contribution in [3.63, 3.8) is 0 Å². The van der Waals surface area contributed by atoms with Gasteiger partial charge in [-0.05, 0) is 31.5 Å². The Morgan fingerprint density at radius 1 is 1.18 bits per heavy atom. The average Bonchev–Trinajstić information content (AvgIpc) is 2.71. The third kappa shape index (κ3) is 3.84. The summed E-state index contributed by atoms with van der Waals surface area (Å²) in [4.78, 5) is 9.05. The van der Waals surface area contributed by atoms with Crippen LogP contribution < -0.4 is 0 Å². The number of hydrogen-bond donors (Lipinski definition) is 0. The van der Waals surface area contributed by atoms with E-state index in [0.29, 0.717) is 12.6 Å². The van der Waals surface area contributed by atoms with Gasteiger partial charge in [-0.1, -0.05) is 0 Å². The van der Waals surface area contributed by atoms with Crippen LogP contribution in [0.1, 0.15) is 19.4 Å². The summed E-state index contributed by atoms with van der Waals surface area (Å²) in [5, 5.41) is 0. The lowest BCUT2D eigenvalue weighted by molar-refractivity contribution is -0.144. The van der Waals surface area contributed by atoms with Gasteiger partial charge in [0.05, 0.1) is 19.8 Å². The number of rotatable bonds is 3. The monoisotopic (exact) mass is 305 g/mol. The first-order chi connectivity index (χ1) is 10.7. The highest BCUT2D eigenvalue weighted by Crippen LogP contribution is 2.24. The molecule has 0 aliphatic carbocycles. The van der Waals surface area contributed by atoms with Crippen LogP contribution in [0.5, 0.6) is 0 Å². The predicted molar refractivity (Wildman–Crippen MR) is 85.7 cm³/mol. The number of hydrogen-bond acceptors (Lipinski definition) is 5. The molecule has 0 amide bonds. The molecule has 0 aromatic carbocycles. The van der Waals surface area contributed by atoms with Gasteiger partial charge >= 0.3 is 0 Å². The Hall–Kier alpha value is -1.01. The average molecular weight is 305 g/mol. The third-order valence-corrected chi connectivity index (χ3v) is 4.59. The summed E-state index contributed by atoms with van der Waals surface area (Å²) in [6.45, 7) is 11.6. The molecule has 3 rings (SSSR count). The summed E-state index contributed by atoms with van der Waals surface area (Å²) >= 11 is 0. The zero-order chi connectivity index (χ0) is 15.4. The van der Waals surface area contributed by atoms with Crippen molar-refractivity contribution in [1.29, 1.82) is 0 Å². The van der Waals surface area contributed by atoms with Gasteiger partial charge in [0, 0.05) is 51.2 Å². The van der Waals surface area contributed by atoms with Crippen molar-refractivity contribution in [3.05, 3.63) is 30.1 Å². The molecule has 0 N–H and O–H groups in total. The molecule has 5 nitrogen and oxygen atoms in total. The Labute approximate surface area is 133 Å². The Morgan fingerprint density at radius 3 is 2.77 bits per heavy atom. The number of ether oxygens (including phenoxy) is 2. The van der Waals surface area contributed by atoms with Crippen LogP contribution in [0.3, 0.4) is 0 Å². The van der Waals surface area contributed by atoms with Crippen LogP contribution in [0.15, 0.2) is 24.5 Å². The first kappa shape index (κ1) is 15.9. The van der Waals surface area contributed by atoms with Gasteiger partial charge < -0.3 is 9.47 Å². The van der Waals surface area contributed by atoms with Crippen molar-refractivity contribution in [2.75, 3.05) is 46.0 Å². The van der Waals surface area contributed by atoms with Crippen molar-refractivity contribution in [2.45, 2.75) is 32.0 Å². The molecular formula is C17H27N3O2. The standard InChI is InChI=1S/C17H27N3O2/c1-15(2)20-8-9-21-14-17(13-20)12-19(7-10-22-17)11-16-3-5-18-6-4-16/h3-6,15H,7-14H2,1-2H3/t17-/m0/s1. The summed E-state index contributed by atoms with van der Waals surface area (Å²) in [6, 6.07) is 4.70. The minimum Gasteiger partial charge on any atom is -0.377 e. The van der Waals surface area contributed by atoms with Gasteiger partial charge in [-0.25, -0.2) is 0 Å². The fourth-order valence-corrected chi connectivity index (χ4v) is 3.36. The van der Waals surface area contributed by atoms with E-state index in [1.807, 2.05) is 12.4 Å². The Morgan fingerprint density at radius 2 is 2.00 bits per heavy atom. The normalized spacial score (nSPS) is 28.1. The predicted octanol–water partition coefficient (Wildman–Crippen LogP) is 1.39. The quantitative estimate of drug-likeness (QED) is 0.844. The molecule has 1 aromatic rings. The molecule has 2 aliphatic rings. The molecule has 2 aliphatic heterocycles. The Kier molecular flexibility index (Phi) is 5.08. The van der Waals surface area contributed by atoms with Crippen LogP contribution in [-0.2, 0) is 16.0 Å². The summed E-state index contributed by atoms with van der Waals surface area (Å²) < 4.78 is 12.1. The molecule has 1 atom stereocenters.